The molecule has 0 aliphatic carbocycles. The zero-order valence-corrected chi connectivity index (χ0v) is 24.8. The number of hydrogen-bond donors (Lipinski definition) is 1. The Morgan fingerprint density at radius 1 is 1.14 bits per heavy atom. The van der Waals surface area contributed by atoms with Gasteiger partial charge in [-0.2, -0.15) is 40.9 Å². The molecule has 0 amide bonds. The third-order valence-corrected chi connectivity index (χ3v) is 9.97. The first-order valence-corrected chi connectivity index (χ1v) is 15.9. The molecule has 1 aromatic carbocycles. The Morgan fingerprint density at radius 2 is 1.88 bits per heavy atom. The topological polar surface area (TPSA) is 130 Å². The van der Waals surface area contributed by atoms with Crippen LogP contribution >= 0.6 is 22.9 Å². The fraction of sp³-hybridized carbons (Fsp3) is 0.385. The van der Waals surface area contributed by atoms with Crippen molar-refractivity contribution >= 4 is 50.7 Å². The number of thiazole rings is 1. The lowest BCUT2D eigenvalue weighted by Crippen LogP contribution is -2.48. The second-order valence-electron chi connectivity index (χ2n) is 9.85. The normalized spacial score (nSPS) is 20.9. The maximum absolute atomic E-state index is 14.0. The summed E-state index contributed by atoms with van der Waals surface area (Å²) < 4.78 is 72.3. The van der Waals surface area contributed by atoms with Crippen molar-refractivity contribution in [1.82, 2.24) is 28.7 Å². The van der Waals surface area contributed by atoms with E-state index in [2.05, 4.69) is 14.8 Å². The van der Waals surface area contributed by atoms with Gasteiger partial charge >= 0.3 is 12.7 Å². The van der Waals surface area contributed by atoms with Gasteiger partial charge in [0.05, 0.1) is 5.69 Å². The van der Waals surface area contributed by atoms with Crippen LogP contribution in [0, 0.1) is 5.82 Å². The minimum absolute atomic E-state index is 0.118. The Balaban J connectivity index is 0.00000118. The van der Waals surface area contributed by atoms with E-state index in [1.807, 2.05) is 4.90 Å². The van der Waals surface area contributed by atoms with Crippen molar-refractivity contribution in [2.45, 2.75) is 44.3 Å². The molecule has 228 valence electrons. The fourth-order valence-corrected chi connectivity index (χ4v) is 7.80. The van der Waals surface area contributed by atoms with Gasteiger partial charge in [-0.25, -0.2) is 14.1 Å². The van der Waals surface area contributed by atoms with E-state index in [0.717, 1.165) is 19.3 Å². The number of nitrogens with one attached hydrogen (secondary N) is 1. The molecule has 2 fully saturated rings. The van der Waals surface area contributed by atoms with E-state index in [-0.39, 0.29) is 29.8 Å². The van der Waals surface area contributed by atoms with Crippen LogP contribution in [0.4, 0.5) is 13.2 Å². The highest BCUT2D eigenvalue weighted by Gasteiger charge is 2.42. The summed E-state index contributed by atoms with van der Waals surface area (Å²) in [6.45, 7) is -1.68. The lowest BCUT2D eigenvalue weighted by molar-refractivity contribution is -0.191. The predicted molar refractivity (Wildman–Crippen MR) is 151 cm³/mol. The van der Waals surface area contributed by atoms with Crippen LogP contribution in [0.5, 0.6) is 0 Å². The quantitative estimate of drug-likeness (QED) is 0.403. The third kappa shape index (κ3) is 6.59. The molecule has 2 aromatic heterocycles. The molecule has 3 aliphatic rings. The molecule has 3 aliphatic heterocycles. The summed E-state index contributed by atoms with van der Waals surface area (Å²) in [5, 5.41) is 6.63. The SMILES string of the molecule is O=C=O.O=S(=O)(N[C@H]1CC2=C(c3ccn(C(F)F)n3)[C@H](c3ccc(F)cc3Cl)N=C(c3nccs3)N2C1)N1CCCCC1. The number of hydrogen-bond acceptors (Lipinski definition) is 9. The molecule has 0 saturated carbocycles. The van der Waals surface area contributed by atoms with Crippen LogP contribution in [0.1, 0.15) is 54.5 Å². The summed E-state index contributed by atoms with van der Waals surface area (Å²) in [5.74, 6) is -0.0355. The van der Waals surface area contributed by atoms with Crippen molar-refractivity contribution in [2.24, 2.45) is 4.99 Å². The van der Waals surface area contributed by atoms with Crippen LogP contribution in [-0.2, 0) is 19.8 Å². The molecule has 43 heavy (non-hydrogen) atoms. The third-order valence-electron chi connectivity index (χ3n) is 7.20. The van der Waals surface area contributed by atoms with Gasteiger partial charge < -0.3 is 4.90 Å². The number of aromatic nitrogens is 3. The monoisotopic (exact) mass is 655 g/mol. The predicted octanol–water partition coefficient (Wildman–Crippen LogP) is 4.25. The van der Waals surface area contributed by atoms with Crippen molar-refractivity contribution < 1.29 is 31.2 Å². The molecule has 0 spiro atoms. The minimum atomic E-state index is -3.75. The Kier molecular flexibility index (Phi) is 9.44. The summed E-state index contributed by atoms with van der Waals surface area (Å²) in [7, 11) is -3.75. The van der Waals surface area contributed by atoms with Crippen LogP contribution in [0.15, 0.2) is 52.7 Å². The molecule has 1 N–H and O–H groups in total. The van der Waals surface area contributed by atoms with Gasteiger partial charge in [-0.15, -0.1) is 11.3 Å². The summed E-state index contributed by atoms with van der Waals surface area (Å²) in [6, 6.07) is 4.06. The Morgan fingerprint density at radius 3 is 2.51 bits per heavy atom. The first-order valence-electron chi connectivity index (χ1n) is 13.2. The average Bonchev–Trinajstić information content (AvgIpc) is 3.74. The molecule has 6 rings (SSSR count). The van der Waals surface area contributed by atoms with Gasteiger partial charge in [0.15, 0.2) is 10.8 Å². The summed E-state index contributed by atoms with van der Waals surface area (Å²) >= 11 is 7.85. The van der Waals surface area contributed by atoms with Crippen molar-refractivity contribution in [1.29, 1.82) is 0 Å². The van der Waals surface area contributed by atoms with Gasteiger partial charge in [-0.3, -0.25) is 4.99 Å². The van der Waals surface area contributed by atoms with Gasteiger partial charge in [0, 0.05) is 71.7 Å². The molecule has 0 bridgehead atoms. The molecular weight excluding hydrogens is 631 g/mol. The lowest BCUT2D eigenvalue weighted by Gasteiger charge is -2.32. The van der Waals surface area contributed by atoms with Gasteiger partial charge in [0.2, 0.25) is 0 Å². The zero-order chi connectivity index (χ0) is 30.7. The van der Waals surface area contributed by atoms with Crippen LogP contribution < -0.4 is 4.72 Å². The van der Waals surface area contributed by atoms with E-state index >= 15 is 0 Å². The number of aliphatic imine (C=N–C) groups is 1. The highest BCUT2D eigenvalue weighted by Crippen LogP contribution is 2.46. The van der Waals surface area contributed by atoms with Gasteiger partial charge in [-0.1, -0.05) is 24.1 Å². The molecule has 0 unspecified atom stereocenters. The Bertz CT molecular complexity index is 1670. The van der Waals surface area contributed by atoms with Crippen molar-refractivity contribution in [3.05, 3.63) is 74.8 Å². The highest BCUT2D eigenvalue weighted by atomic mass is 35.5. The van der Waals surface area contributed by atoms with E-state index in [4.69, 9.17) is 26.2 Å². The Hall–Kier alpha value is -3.40. The van der Waals surface area contributed by atoms with Gasteiger partial charge in [0.25, 0.3) is 10.2 Å². The molecule has 2 saturated heterocycles. The van der Waals surface area contributed by atoms with Gasteiger partial charge in [-0.05, 0) is 31.0 Å². The molecule has 5 heterocycles. The highest BCUT2D eigenvalue weighted by molar-refractivity contribution is 7.87. The molecule has 17 heteroatoms. The van der Waals surface area contributed by atoms with Gasteiger partial charge in [0.1, 0.15) is 11.9 Å². The summed E-state index contributed by atoms with van der Waals surface area (Å²) in [6.07, 6.45) is 5.92. The molecule has 2 atom stereocenters. The number of benzene rings is 1. The van der Waals surface area contributed by atoms with Crippen molar-refractivity contribution in [3.63, 3.8) is 0 Å². The number of amidine groups is 1. The van der Waals surface area contributed by atoms with Crippen LogP contribution in [0.25, 0.3) is 5.57 Å². The van der Waals surface area contributed by atoms with E-state index < -0.39 is 34.7 Å². The largest absolute Gasteiger partial charge is 0.373 e. The number of piperidine rings is 1. The smallest absolute Gasteiger partial charge is 0.326 e. The minimum Gasteiger partial charge on any atom is -0.326 e. The summed E-state index contributed by atoms with van der Waals surface area (Å²) in [4.78, 5) is 27.5. The zero-order valence-electron chi connectivity index (χ0n) is 22.4. The van der Waals surface area contributed by atoms with E-state index in [9.17, 15) is 21.6 Å². The summed E-state index contributed by atoms with van der Waals surface area (Å²) in [5.41, 5.74) is 1.86. The van der Waals surface area contributed by atoms with E-state index in [1.54, 1.807) is 11.6 Å². The number of nitrogens with zero attached hydrogens (tertiary/aromatic N) is 6. The first-order chi connectivity index (χ1) is 20.6. The van der Waals surface area contributed by atoms with E-state index in [0.29, 0.717) is 45.4 Å². The van der Waals surface area contributed by atoms with Crippen molar-refractivity contribution in [3.8, 4) is 0 Å². The second kappa shape index (κ2) is 13.1. The number of fused-ring (bicyclic) bond motifs is 1. The number of alkyl halides is 2. The molecule has 0 radical (unpaired) electrons. The number of rotatable bonds is 7. The standard InChI is InChI=1S/C25H25ClF3N7O2S2.CO2/c26-18-12-15(27)4-5-17(18)22-21(19-6-10-36(32-19)25(28)29)20-13-16(33-40(37,38)34-8-2-1-3-9-34)14-35(20)23(31-22)24-30-7-11-39-24;2-1-3/h4-7,10-12,16,22,25,33H,1-3,8-9,13-14H2;/t16-,22-;/m0./s1. The first kappa shape index (κ1) is 31.0. The molecule has 3 aromatic rings. The second-order valence-corrected chi connectivity index (χ2v) is 12.9. The maximum atomic E-state index is 14.0. The van der Waals surface area contributed by atoms with Crippen LogP contribution in [-0.4, -0.2) is 70.1 Å². The number of halogens is 4. The molecular formula is C26H25ClF3N7O4S2. The average molecular weight is 656 g/mol. The number of carbonyl (C=O) groups excluding carboxylic acids is 2. The van der Waals surface area contributed by atoms with E-state index in [1.165, 1.54) is 46.1 Å². The van der Waals surface area contributed by atoms with Crippen LogP contribution in [0.2, 0.25) is 5.02 Å². The van der Waals surface area contributed by atoms with Crippen LogP contribution in [0.3, 0.4) is 0 Å². The lowest BCUT2D eigenvalue weighted by atomic mass is 9.92. The van der Waals surface area contributed by atoms with Crippen molar-refractivity contribution in [2.75, 3.05) is 19.6 Å². The fourth-order valence-electron chi connectivity index (χ4n) is 5.42. The Labute approximate surface area is 253 Å². The maximum Gasteiger partial charge on any atom is 0.373 e. The molecule has 11 nitrogen and oxygen atoms in total.